The van der Waals surface area contributed by atoms with Crippen LogP contribution in [0.1, 0.15) is 18.1 Å². The monoisotopic (exact) mass is 374 g/mol. The van der Waals surface area contributed by atoms with E-state index in [1.54, 1.807) is 37.3 Å². The Morgan fingerprint density at radius 3 is 2.46 bits per heavy atom. The maximum absolute atomic E-state index is 12.9. The van der Waals surface area contributed by atoms with E-state index < -0.39 is 15.6 Å². The van der Waals surface area contributed by atoms with E-state index in [9.17, 15) is 18.0 Å². The summed E-state index contributed by atoms with van der Waals surface area (Å²) in [6, 6.07) is 9.65. The average Bonchev–Trinajstić information content (AvgIpc) is 2.81. The van der Waals surface area contributed by atoms with Gasteiger partial charge in [-0.3, -0.25) is 9.36 Å². The minimum absolute atomic E-state index is 0.160. The molecule has 1 aromatic heterocycles. The van der Waals surface area contributed by atoms with Crippen LogP contribution in [0.5, 0.6) is 0 Å². The lowest BCUT2D eigenvalue weighted by Gasteiger charge is -2.09. The molecule has 1 N–H and O–H groups in total. The number of fused-ring (bicyclic) bond motifs is 1. The lowest BCUT2D eigenvalue weighted by molar-refractivity contribution is -0.114. The fraction of sp³-hybridized carbons (Fsp3) is 0.222. The smallest absolute Gasteiger partial charge is 0.408 e. The van der Waals surface area contributed by atoms with Crippen molar-refractivity contribution >= 4 is 32.5 Å². The van der Waals surface area contributed by atoms with E-state index in [1.165, 1.54) is 24.6 Å². The third-order valence-electron chi connectivity index (χ3n) is 4.06. The molecule has 0 saturated carbocycles. The van der Waals surface area contributed by atoms with Gasteiger partial charge in [-0.05, 0) is 42.3 Å². The van der Waals surface area contributed by atoms with Crippen LogP contribution in [0.3, 0.4) is 0 Å². The summed E-state index contributed by atoms with van der Waals surface area (Å²) in [6.45, 7) is 3.07. The molecular formula is C18H18N2O5S. The molecule has 0 atom stereocenters. The van der Waals surface area contributed by atoms with Gasteiger partial charge in [-0.1, -0.05) is 12.1 Å². The molecule has 8 heteroatoms. The molecule has 0 aliphatic heterocycles. The molecule has 0 aliphatic rings. The van der Waals surface area contributed by atoms with Gasteiger partial charge in [-0.2, -0.15) is 0 Å². The molecule has 0 fully saturated rings. The fourth-order valence-corrected chi connectivity index (χ4v) is 4.40. The normalized spacial score (nSPS) is 11.7. The molecule has 1 amide bonds. The number of amides is 1. The maximum atomic E-state index is 12.9. The number of anilines is 1. The molecular weight excluding hydrogens is 356 g/mol. The topological polar surface area (TPSA) is 98.4 Å². The zero-order chi connectivity index (χ0) is 19.1. The molecule has 0 saturated heterocycles. The van der Waals surface area contributed by atoms with E-state index in [2.05, 4.69) is 5.32 Å². The molecule has 0 radical (unpaired) electrons. The zero-order valence-corrected chi connectivity index (χ0v) is 15.4. The van der Waals surface area contributed by atoms with Crippen molar-refractivity contribution in [2.45, 2.75) is 24.5 Å². The van der Waals surface area contributed by atoms with Crippen LogP contribution >= 0.6 is 0 Å². The van der Waals surface area contributed by atoms with Gasteiger partial charge in [0.1, 0.15) is 0 Å². The van der Waals surface area contributed by atoms with Crippen LogP contribution in [0.4, 0.5) is 5.69 Å². The Kier molecular flexibility index (Phi) is 4.45. The highest BCUT2D eigenvalue weighted by atomic mass is 32.2. The van der Waals surface area contributed by atoms with Crippen LogP contribution in [0.15, 0.2) is 50.5 Å². The van der Waals surface area contributed by atoms with Gasteiger partial charge < -0.3 is 9.73 Å². The van der Waals surface area contributed by atoms with Crippen LogP contribution in [0.2, 0.25) is 0 Å². The Labute approximate surface area is 150 Å². The zero-order valence-electron chi connectivity index (χ0n) is 14.6. The van der Waals surface area contributed by atoms with Gasteiger partial charge in [0.25, 0.3) is 0 Å². The average molecular weight is 374 g/mol. The lowest BCUT2D eigenvalue weighted by atomic mass is 10.2. The van der Waals surface area contributed by atoms with Crippen molar-refractivity contribution in [1.82, 2.24) is 4.57 Å². The molecule has 3 aromatic rings. The van der Waals surface area contributed by atoms with Crippen molar-refractivity contribution in [2.75, 3.05) is 5.32 Å². The number of sulfone groups is 1. The second kappa shape index (κ2) is 6.45. The number of aryl methyl sites for hydroxylation is 2. The quantitative estimate of drug-likeness (QED) is 0.756. The van der Waals surface area contributed by atoms with Gasteiger partial charge in [0, 0.05) is 19.7 Å². The first-order valence-corrected chi connectivity index (χ1v) is 9.52. The van der Waals surface area contributed by atoms with Crippen LogP contribution in [-0.4, -0.2) is 18.9 Å². The van der Waals surface area contributed by atoms with Gasteiger partial charge in [0.2, 0.25) is 5.91 Å². The van der Waals surface area contributed by atoms with Gasteiger partial charge in [0.05, 0.1) is 16.2 Å². The highest BCUT2D eigenvalue weighted by Crippen LogP contribution is 2.25. The molecule has 136 valence electrons. The summed E-state index contributed by atoms with van der Waals surface area (Å²) in [5.74, 6) is -0.923. The van der Waals surface area contributed by atoms with Crippen molar-refractivity contribution in [2.24, 2.45) is 7.05 Å². The number of oxazole rings is 1. The van der Waals surface area contributed by atoms with Crippen molar-refractivity contribution in [1.29, 1.82) is 0 Å². The fourth-order valence-electron chi connectivity index (χ4n) is 2.78. The second-order valence-corrected chi connectivity index (χ2v) is 8.11. The summed E-state index contributed by atoms with van der Waals surface area (Å²) in [4.78, 5) is 22.8. The molecule has 0 unspecified atom stereocenters. The lowest BCUT2D eigenvalue weighted by Crippen LogP contribution is -2.10. The molecule has 26 heavy (non-hydrogen) atoms. The third kappa shape index (κ3) is 3.41. The van der Waals surface area contributed by atoms with Crippen LogP contribution < -0.4 is 11.1 Å². The number of hydrogen-bond donors (Lipinski definition) is 1. The molecule has 0 bridgehead atoms. The van der Waals surface area contributed by atoms with Crippen molar-refractivity contribution in [3.8, 4) is 0 Å². The molecule has 7 nitrogen and oxygen atoms in total. The van der Waals surface area contributed by atoms with Gasteiger partial charge in [0.15, 0.2) is 15.4 Å². The number of aromatic nitrogens is 1. The summed E-state index contributed by atoms with van der Waals surface area (Å²) in [7, 11) is -2.09. The maximum Gasteiger partial charge on any atom is 0.419 e. The second-order valence-electron chi connectivity index (χ2n) is 6.15. The molecule has 3 rings (SSSR count). The summed E-state index contributed by atoms with van der Waals surface area (Å²) in [5.41, 5.74) is 2.50. The molecule has 1 heterocycles. The van der Waals surface area contributed by atoms with E-state index in [1.807, 2.05) is 0 Å². The molecule has 2 aromatic carbocycles. The molecule has 0 aliphatic carbocycles. The first-order chi connectivity index (χ1) is 12.2. The summed E-state index contributed by atoms with van der Waals surface area (Å²) in [5, 5.41) is 2.63. The number of nitrogens with zero attached hydrogens (tertiary/aromatic N) is 1. The van der Waals surface area contributed by atoms with Gasteiger partial charge >= 0.3 is 5.76 Å². The van der Waals surface area contributed by atoms with E-state index in [4.69, 9.17) is 4.42 Å². The van der Waals surface area contributed by atoms with E-state index in [0.717, 1.165) is 0 Å². The molecule has 0 spiro atoms. The Morgan fingerprint density at radius 2 is 1.85 bits per heavy atom. The SMILES string of the molecule is CC(=O)Nc1ccc(CS(=O)(=O)c2cc3c(cc2C)oc(=O)n3C)cc1. The number of nitrogens with one attached hydrogen (secondary N) is 1. The van der Waals surface area contributed by atoms with Crippen LogP contribution in [-0.2, 0) is 27.4 Å². The van der Waals surface area contributed by atoms with E-state index in [-0.39, 0.29) is 16.6 Å². The summed E-state index contributed by atoms with van der Waals surface area (Å²) < 4.78 is 32.1. The minimum atomic E-state index is -3.62. The van der Waals surface area contributed by atoms with Crippen molar-refractivity contribution in [3.63, 3.8) is 0 Å². The van der Waals surface area contributed by atoms with Gasteiger partial charge in [-0.15, -0.1) is 0 Å². The number of carbonyl (C=O) groups excluding carboxylic acids is 1. The Bertz CT molecular complexity index is 1150. The first-order valence-electron chi connectivity index (χ1n) is 7.87. The summed E-state index contributed by atoms with van der Waals surface area (Å²) >= 11 is 0. The van der Waals surface area contributed by atoms with Crippen molar-refractivity contribution in [3.05, 3.63) is 58.1 Å². The largest absolute Gasteiger partial charge is 0.419 e. The van der Waals surface area contributed by atoms with E-state index >= 15 is 0 Å². The number of hydrogen-bond acceptors (Lipinski definition) is 5. The predicted octanol–water partition coefficient (Wildman–Crippen LogP) is 2.37. The number of benzene rings is 2. The van der Waals surface area contributed by atoms with E-state index in [0.29, 0.717) is 27.9 Å². The standard InChI is InChI=1S/C18H18N2O5S/c1-11-8-16-15(20(3)18(22)25-16)9-17(11)26(23,24)10-13-4-6-14(7-5-13)19-12(2)21/h4-9H,10H2,1-3H3,(H,19,21). The Hall–Kier alpha value is -2.87. The minimum Gasteiger partial charge on any atom is -0.408 e. The Morgan fingerprint density at radius 1 is 1.19 bits per heavy atom. The van der Waals surface area contributed by atoms with Crippen LogP contribution in [0.25, 0.3) is 11.1 Å². The van der Waals surface area contributed by atoms with Gasteiger partial charge in [-0.25, -0.2) is 13.2 Å². The highest BCUT2D eigenvalue weighted by molar-refractivity contribution is 7.90. The van der Waals surface area contributed by atoms with Crippen molar-refractivity contribution < 1.29 is 17.6 Å². The highest BCUT2D eigenvalue weighted by Gasteiger charge is 2.21. The Balaban J connectivity index is 1.96. The summed E-state index contributed by atoms with van der Waals surface area (Å²) in [6.07, 6.45) is 0. The number of carbonyl (C=O) groups is 1. The third-order valence-corrected chi connectivity index (χ3v) is 5.88. The predicted molar refractivity (Wildman–Crippen MR) is 97.8 cm³/mol. The first kappa shape index (κ1) is 17.9. The van der Waals surface area contributed by atoms with Crippen LogP contribution in [0, 0.1) is 6.92 Å². The number of rotatable bonds is 4.